The number of benzene rings is 1. The number of amides is 1. The molecule has 0 saturated carbocycles. The van der Waals surface area contributed by atoms with Crippen molar-refractivity contribution >= 4 is 33.9 Å². The van der Waals surface area contributed by atoms with E-state index in [1.807, 2.05) is 13.8 Å². The first-order chi connectivity index (χ1) is 13.3. The van der Waals surface area contributed by atoms with Crippen LogP contribution in [0.4, 0.5) is 5.69 Å². The van der Waals surface area contributed by atoms with E-state index < -0.39 is 5.97 Å². The molecule has 2 aromatic heterocycles. The lowest BCUT2D eigenvalue weighted by atomic mass is 10.1. The molecule has 0 unspecified atom stereocenters. The van der Waals surface area contributed by atoms with Crippen molar-refractivity contribution in [1.29, 1.82) is 0 Å². The normalized spacial score (nSPS) is 11.0. The van der Waals surface area contributed by atoms with Crippen molar-refractivity contribution in [3.8, 4) is 0 Å². The number of ether oxygens (including phenoxy) is 1. The smallest absolute Gasteiger partial charge is 0.338 e. The molecule has 0 atom stereocenters. The molecule has 1 aromatic carbocycles. The van der Waals surface area contributed by atoms with E-state index in [4.69, 9.17) is 4.74 Å². The average Bonchev–Trinajstić information content (AvgIpc) is 3.00. The van der Waals surface area contributed by atoms with Crippen molar-refractivity contribution < 1.29 is 14.3 Å². The number of anilines is 1. The zero-order valence-electron chi connectivity index (χ0n) is 15.8. The zero-order valence-corrected chi connectivity index (χ0v) is 16.6. The highest BCUT2D eigenvalue weighted by Crippen LogP contribution is 2.14. The van der Waals surface area contributed by atoms with Gasteiger partial charge < -0.3 is 10.1 Å². The molecule has 0 aliphatic heterocycles. The molecule has 28 heavy (non-hydrogen) atoms. The Kier molecular flexibility index (Phi) is 5.84. The maximum Gasteiger partial charge on any atom is 0.338 e. The monoisotopic (exact) mass is 400 g/mol. The fourth-order valence-electron chi connectivity index (χ4n) is 2.52. The topological polar surface area (TPSA) is 103 Å². The largest absolute Gasteiger partial charge is 0.456 e. The van der Waals surface area contributed by atoms with Crippen LogP contribution in [0.2, 0.25) is 0 Å². The van der Waals surface area contributed by atoms with Gasteiger partial charge in [0.25, 0.3) is 5.56 Å². The molecule has 8 nitrogen and oxygen atoms in total. The highest BCUT2D eigenvalue weighted by Gasteiger charge is 2.12. The van der Waals surface area contributed by atoms with E-state index in [1.165, 1.54) is 21.9 Å². The number of aromatic nitrogens is 3. The van der Waals surface area contributed by atoms with Crippen LogP contribution in [0.15, 0.2) is 35.1 Å². The predicted octanol–water partition coefficient (Wildman–Crippen LogP) is 2.80. The highest BCUT2D eigenvalue weighted by molar-refractivity contribution is 7.16. The number of rotatable bonds is 6. The molecule has 0 saturated heterocycles. The molecule has 0 aliphatic carbocycles. The summed E-state index contributed by atoms with van der Waals surface area (Å²) in [5.74, 6) is -0.345. The molecule has 146 valence electrons. The third kappa shape index (κ3) is 4.80. The van der Waals surface area contributed by atoms with Gasteiger partial charge in [-0.25, -0.2) is 9.78 Å². The molecule has 0 spiro atoms. The third-order valence-corrected chi connectivity index (χ3v) is 4.57. The third-order valence-electron chi connectivity index (χ3n) is 3.75. The maximum absolute atomic E-state index is 12.2. The fourth-order valence-corrected chi connectivity index (χ4v) is 3.29. The Labute approximate surface area is 165 Å². The van der Waals surface area contributed by atoms with Crippen LogP contribution in [-0.2, 0) is 16.1 Å². The second kappa shape index (κ2) is 8.30. The SMILES string of the molecule is Cc1nn2c(=O)cc(COC(=O)c3ccc(NC(=O)CC(C)C)cc3)nc2s1. The van der Waals surface area contributed by atoms with E-state index in [2.05, 4.69) is 15.4 Å². The number of aryl methyl sites for hydroxylation is 1. The van der Waals surface area contributed by atoms with Gasteiger partial charge in [-0.05, 0) is 37.1 Å². The first kappa shape index (κ1) is 19.7. The van der Waals surface area contributed by atoms with Gasteiger partial charge in [0.05, 0.1) is 11.3 Å². The molecule has 1 N–H and O–H groups in total. The summed E-state index contributed by atoms with van der Waals surface area (Å²) in [5.41, 5.74) is 0.998. The number of carbonyl (C=O) groups excluding carboxylic acids is 2. The zero-order chi connectivity index (χ0) is 20.3. The summed E-state index contributed by atoms with van der Waals surface area (Å²) in [6.07, 6.45) is 0.431. The molecule has 0 radical (unpaired) electrons. The van der Waals surface area contributed by atoms with Gasteiger partial charge in [0.15, 0.2) is 0 Å². The molecular formula is C19H20N4O4S. The van der Waals surface area contributed by atoms with Crippen molar-refractivity contribution in [2.24, 2.45) is 5.92 Å². The highest BCUT2D eigenvalue weighted by atomic mass is 32.1. The van der Waals surface area contributed by atoms with Crippen LogP contribution >= 0.6 is 11.3 Å². The number of carbonyl (C=O) groups is 2. The minimum absolute atomic E-state index is 0.0728. The molecular weight excluding hydrogens is 380 g/mol. The van der Waals surface area contributed by atoms with Crippen molar-refractivity contribution in [3.05, 3.63) is 57.0 Å². The standard InChI is InChI=1S/C19H20N4O4S/c1-11(2)8-16(24)20-14-6-4-13(5-7-14)18(26)27-10-15-9-17(25)23-19(21-15)28-12(3)22-23/h4-7,9,11H,8,10H2,1-3H3,(H,20,24). The summed E-state index contributed by atoms with van der Waals surface area (Å²) in [6, 6.07) is 7.74. The van der Waals surface area contributed by atoms with Gasteiger partial charge in [-0.2, -0.15) is 9.61 Å². The van der Waals surface area contributed by atoms with Gasteiger partial charge >= 0.3 is 5.97 Å². The number of fused-ring (bicyclic) bond motifs is 1. The summed E-state index contributed by atoms with van der Waals surface area (Å²) in [6.45, 7) is 5.60. The summed E-state index contributed by atoms with van der Waals surface area (Å²) in [5, 5.41) is 7.56. The number of hydrogen-bond donors (Lipinski definition) is 1. The lowest BCUT2D eigenvalue weighted by Crippen LogP contribution is -2.16. The molecule has 0 fully saturated rings. The number of hydrogen-bond acceptors (Lipinski definition) is 7. The van der Waals surface area contributed by atoms with Gasteiger partial charge in [-0.1, -0.05) is 25.2 Å². The summed E-state index contributed by atoms with van der Waals surface area (Å²) in [7, 11) is 0. The van der Waals surface area contributed by atoms with Crippen LogP contribution in [0.3, 0.4) is 0 Å². The molecule has 3 aromatic rings. The number of nitrogens with one attached hydrogen (secondary N) is 1. The Bertz CT molecular complexity index is 1070. The van der Waals surface area contributed by atoms with E-state index in [0.29, 0.717) is 28.3 Å². The summed E-state index contributed by atoms with van der Waals surface area (Å²) in [4.78, 5) is 40.8. The van der Waals surface area contributed by atoms with Crippen LogP contribution in [0.5, 0.6) is 0 Å². The predicted molar refractivity (Wildman–Crippen MR) is 106 cm³/mol. The second-order valence-electron chi connectivity index (χ2n) is 6.70. The first-order valence-electron chi connectivity index (χ1n) is 8.75. The first-order valence-corrected chi connectivity index (χ1v) is 9.57. The van der Waals surface area contributed by atoms with Crippen LogP contribution in [0, 0.1) is 12.8 Å². The lowest BCUT2D eigenvalue weighted by Gasteiger charge is -2.08. The lowest BCUT2D eigenvalue weighted by molar-refractivity contribution is -0.116. The molecule has 0 bridgehead atoms. The van der Waals surface area contributed by atoms with Crippen molar-refractivity contribution in [2.75, 3.05) is 5.32 Å². The minimum Gasteiger partial charge on any atom is -0.456 e. The van der Waals surface area contributed by atoms with Crippen LogP contribution in [-0.4, -0.2) is 26.5 Å². The fraction of sp³-hybridized carbons (Fsp3) is 0.316. The summed E-state index contributed by atoms with van der Waals surface area (Å²) >= 11 is 1.29. The molecule has 9 heteroatoms. The average molecular weight is 400 g/mol. The number of esters is 1. The molecule has 1 amide bonds. The Morgan fingerprint density at radius 2 is 1.96 bits per heavy atom. The molecule has 0 aliphatic rings. The maximum atomic E-state index is 12.2. The van der Waals surface area contributed by atoms with Gasteiger partial charge in [0.1, 0.15) is 11.6 Å². The van der Waals surface area contributed by atoms with Gasteiger partial charge in [-0.3, -0.25) is 9.59 Å². The van der Waals surface area contributed by atoms with E-state index in [-0.39, 0.29) is 24.0 Å². The molecule has 2 heterocycles. The van der Waals surface area contributed by atoms with Gasteiger partial charge in [-0.15, -0.1) is 0 Å². The Morgan fingerprint density at radius 1 is 1.25 bits per heavy atom. The van der Waals surface area contributed by atoms with E-state index in [0.717, 1.165) is 5.01 Å². The Hall–Kier alpha value is -3.07. The van der Waals surface area contributed by atoms with Gasteiger partial charge in [0, 0.05) is 18.2 Å². The van der Waals surface area contributed by atoms with Crippen molar-refractivity contribution in [1.82, 2.24) is 14.6 Å². The Morgan fingerprint density at radius 3 is 2.64 bits per heavy atom. The van der Waals surface area contributed by atoms with Crippen LogP contribution < -0.4 is 10.9 Å². The van der Waals surface area contributed by atoms with Crippen molar-refractivity contribution in [3.63, 3.8) is 0 Å². The van der Waals surface area contributed by atoms with E-state index in [1.54, 1.807) is 31.2 Å². The van der Waals surface area contributed by atoms with Crippen molar-refractivity contribution in [2.45, 2.75) is 33.8 Å². The second-order valence-corrected chi connectivity index (χ2v) is 7.86. The summed E-state index contributed by atoms with van der Waals surface area (Å²) < 4.78 is 6.47. The molecule has 3 rings (SSSR count). The van der Waals surface area contributed by atoms with Crippen LogP contribution in [0.1, 0.15) is 41.3 Å². The van der Waals surface area contributed by atoms with E-state index in [9.17, 15) is 14.4 Å². The Balaban J connectivity index is 1.62. The quantitative estimate of drug-likeness (QED) is 0.638. The van der Waals surface area contributed by atoms with E-state index >= 15 is 0 Å². The number of nitrogens with zero attached hydrogens (tertiary/aromatic N) is 3. The van der Waals surface area contributed by atoms with Gasteiger partial charge in [0.2, 0.25) is 10.9 Å². The minimum atomic E-state index is -0.539. The van der Waals surface area contributed by atoms with Crippen LogP contribution in [0.25, 0.3) is 4.96 Å².